The van der Waals surface area contributed by atoms with Crippen molar-refractivity contribution in [2.45, 2.75) is 65.5 Å². The van der Waals surface area contributed by atoms with Crippen molar-refractivity contribution >= 4 is 56.6 Å². The Kier molecular flexibility index (Phi) is 18.8. The van der Waals surface area contributed by atoms with Gasteiger partial charge in [-0.3, -0.25) is 46.5 Å². The Morgan fingerprint density at radius 2 is 1.48 bits per heavy atom. The summed E-state index contributed by atoms with van der Waals surface area (Å²) < 4.78 is 68.3. The molecule has 2 aromatic carbocycles. The number of esters is 2. The number of carboxylic acids is 1. The van der Waals surface area contributed by atoms with Crippen LogP contribution in [0, 0.1) is 0 Å². The summed E-state index contributed by atoms with van der Waals surface area (Å²) in [4.78, 5) is 78.2. The lowest BCUT2D eigenvalue weighted by atomic mass is 10.1. The standard InChI is InChI=1S/C38H48N6O16P2/c1-5-54-61(51,55-6-2)58-23-27(60-62(52,56-7-3)57-8-4)22-53-37(50)28-11-9-10-12-30(28)59-31(45)20-19-29(36(48)49)42-34(46)25-16-13-24(14-17-25)15-18-26-21-40-33-32(41-26)35(47)44-38(39)43-33/h9-14,16-17,21,27,29H,5-8,15,18-20,22-23H2,1-4H3,(H,42,46)(H,48,49)(H3,39,40,43,44,47)/t27?,29-/m1/s1. The number of carbonyl (C=O) groups excluding carboxylic acids is 3. The number of nitrogens with zero attached hydrogens (tertiary/aromatic N) is 3. The lowest BCUT2D eigenvalue weighted by Gasteiger charge is -2.24. The molecule has 2 heterocycles. The van der Waals surface area contributed by atoms with Crippen LogP contribution in [0.15, 0.2) is 59.5 Å². The first kappa shape index (κ1) is 49.2. The number of rotatable bonds is 26. The number of aromatic nitrogens is 4. The average molecular weight is 907 g/mol. The highest BCUT2D eigenvalue weighted by atomic mass is 31.2. The molecule has 0 radical (unpaired) electrons. The fraction of sp³-hybridized carbons (Fsp3) is 0.421. The molecule has 0 saturated carbocycles. The second-order valence-electron chi connectivity index (χ2n) is 12.7. The van der Waals surface area contributed by atoms with E-state index in [4.69, 9.17) is 42.3 Å². The third-order valence-electron chi connectivity index (χ3n) is 8.19. The van der Waals surface area contributed by atoms with Crippen molar-refractivity contribution in [1.82, 2.24) is 25.3 Å². The van der Waals surface area contributed by atoms with Crippen molar-refractivity contribution in [1.29, 1.82) is 0 Å². The van der Waals surface area contributed by atoms with E-state index in [1.807, 2.05) is 0 Å². The maximum Gasteiger partial charge on any atom is 0.475 e. The number of aromatic amines is 1. The zero-order valence-corrected chi connectivity index (χ0v) is 36.1. The Labute approximate surface area is 355 Å². The van der Waals surface area contributed by atoms with Gasteiger partial charge in [0.2, 0.25) is 5.95 Å². The number of phosphoric acid groups is 2. The molecule has 4 rings (SSSR count). The Morgan fingerprint density at radius 1 is 0.839 bits per heavy atom. The number of ether oxygens (including phenoxy) is 2. The Morgan fingerprint density at radius 3 is 2.13 bits per heavy atom. The number of amides is 1. The Hall–Kier alpha value is -5.44. The summed E-state index contributed by atoms with van der Waals surface area (Å²) in [6.45, 7) is 4.77. The number of carboxylic acid groups (broad SMARTS) is 1. The molecule has 2 atom stereocenters. The van der Waals surface area contributed by atoms with Crippen LogP contribution in [0.5, 0.6) is 5.75 Å². The molecule has 336 valence electrons. The summed E-state index contributed by atoms with van der Waals surface area (Å²) in [6.07, 6.45) is 0.140. The topological polar surface area (TPSA) is 306 Å². The highest BCUT2D eigenvalue weighted by molar-refractivity contribution is 7.48. The van der Waals surface area contributed by atoms with Crippen LogP contribution >= 0.6 is 15.6 Å². The maximum absolute atomic E-state index is 13.3. The normalized spacial score (nSPS) is 12.7. The third kappa shape index (κ3) is 14.9. The number of H-pyrrole nitrogens is 1. The van der Waals surface area contributed by atoms with Crippen molar-refractivity contribution in [2.75, 3.05) is 45.4 Å². The SMILES string of the molecule is CCOP(=O)(OCC)OCC(COC(=O)c1ccccc1OC(=O)CC[C@@H](NC(=O)c1ccc(CCc2cnc3nc(N)[nH]c(=O)c3n2)cc1)C(=O)O)OP(=O)(OCC)OCC. The summed E-state index contributed by atoms with van der Waals surface area (Å²) in [7, 11) is -8.30. The number of hydrogen-bond donors (Lipinski definition) is 4. The molecule has 2 aromatic heterocycles. The van der Waals surface area contributed by atoms with E-state index in [0.29, 0.717) is 18.5 Å². The number of aliphatic carboxylic acids is 1. The first-order valence-electron chi connectivity index (χ1n) is 19.3. The first-order valence-corrected chi connectivity index (χ1v) is 22.2. The van der Waals surface area contributed by atoms with Crippen LogP contribution in [0.3, 0.4) is 0 Å². The smallest absolute Gasteiger partial charge is 0.475 e. The van der Waals surface area contributed by atoms with E-state index in [1.54, 1.807) is 39.8 Å². The molecule has 22 nitrogen and oxygen atoms in total. The van der Waals surface area contributed by atoms with Crippen LogP contribution in [0.4, 0.5) is 5.95 Å². The molecule has 0 aliphatic rings. The lowest BCUT2D eigenvalue weighted by Crippen LogP contribution is -2.41. The molecule has 24 heteroatoms. The van der Waals surface area contributed by atoms with Gasteiger partial charge in [0.05, 0.1) is 44.9 Å². The van der Waals surface area contributed by atoms with Gasteiger partial charge < -0.3 is 25.6 Å². The fourth-order valence-electron chi connectivity index (χ4n) is 5.40. The molecule has 62 heavy (non-hydrogen) atoms. The van der Waals surface area contributed by atoms with E-state index in [2.05, 4.69) is 25.3 Å². The van der Waals surface area contributed by atoms with Crippen molar-refractivity contribution in [2.24, 2.45) is 0 Å². The molecule has 1 amide bonds. The monoisotopic (exact) mass is 906 g/mol. The Balaban J connectivity index is 1.33. The largest absolute Gasteiger partial charge is 0.480 e. The molecule has 0 aliphatic heterocycles. The van der Waals surface area contributed by atoms with E-state index < -0.39 is 76.8 Å². The number of fused-ring (bicyclic) bond motifs is 1. The number of nitrogens with two attached hydrogens (primary N) is 1. The number of para-hydroxylation sites is 1. The van der Waals surface area contributed by atoms with E-state index in [9.17, 15) is 38.2 Å². The van der Waals surface area contributed by atoms with E-state index in [-0.39, 0.29) is 66.8 Å². The van der Waals surface area contributed by atoms with Gasteiger partial charge in [-0.2, -0.15) is 4.98 Å². The van der Waals surface area contributed by atoms with Gasteiger partial charge in [0.25, 0.3) is 11.5 Å². The predicted molar refractivity (Wildman–Crippen MR) is 219 cm³/mol. The molecule has 5 N–H and O–H groups in total. The van der Waals surface area contributed by atoms with E-state index >= 15 is 0 Å². The molecule has 0 aliphatic carbocycles. The second kappa shape index (κ2) is 23.7. The highest BCUT2D eigenvalue weighted by Gasteiger charge is 2.35. The Bertz CT molecular complexity index is 2310. The van der Waals surface area contributed by atoms with E-state index in [1.165, 1.54) is 42.6 Å². The van der Waals surface area contributed by atoms with Crippen molar-refractivity contribution in [3.63, 3.8) is 0 Å². The minimum Gasteiger partial charge on any atom is -0.480 e. The van der Waals surface area contributed by atoms with Crippen LogP contribution in [-0.2, 0) is 63.4 Å². The van der Waals surface area contributed by atoms with Crippen LogP contribution < -0.4 is 21.3 Å². The molecule has 0 fully saturated rings. The van der Waals surface area contributed by atoms with Gasteiger partial charge >= 0.3 is 33.6 Å². The average Bonchev–Trinajstić information content (AvgIpc) is 3.23. The van der Waals surface area contributed by atoms with E-state index in [0.717, 1.165) is 5.56 Å². The minimum absolute atomic E-state index is 0.0285. The van der Waals surface area contributed by atoms with Crippen LogP contribution in [0.2, 0.25) is 0 Å². The van der Waals surface area contributed by atoms with Gasteiger partial charge in [-0.1, -0.05) is 24.3 Å². The first-order chi connectivity index (χ1) is 29.6. The number of nitrogen functional groups attached to an aromatic ring is 1. The zero-order chi connectivity index (χ0) is 45.3. The third-order valence-corrected chi connectivity index (χ3v) is 11.5. The summed E-state index contributed by atoms with van der Waals surface area (Å²) in [5.74, 6) is -4.37. The number of benzene rings is 2. The van der Waals surface area contributed by atoms with Crippen LogP contribution in [0.25, 0.3) is 11.2 Å². The number of anilines is 1. The number of hydrogen-bond acceptors (Lipinski definition) is 19. The summed E-state index contributed by atoms with van der Waals surface area (Å²) >= 11 is 0. The zero-order valence-electron chi connectivity index (χ0n) is 34.3. The van der Waals surface area contributed by atoms with Gasteiger partial charge in [0.1, 0.15) is 30.1 Å². The van der Waals surface area contributed by atoms with Crippen LogP contribution in [0.1, 0.15) is 72.5 Å². The van der Waals surface area contributed by atoms with Crippen LogP contribution in [-0.4, -0.2) is 101 Å². The van der Waals surface area contributed by atoms with Crippen molar-refractivity contribution < 1.29 is 70.0 Å². The number of carbonyl (C=O) groups is 4. The molecular formula is C38H48N6O16P2. The van der Waals surface area contributed by atoms with Gasteiger partial charge in [-0.05, 0) is 76.8 Å². The minimum atomic E-state index is -4.22. The highest BCUT2D eigenvalue weighted by Crippen LogP contribution is 2.52. The van der Waals surface area contributed by atoms with Crippen molar-refractivity contribution in [3.05, 3.63) is 87.5 Å². The molecule has 0 bridgehead atoms. The lowest BCUT2D eigenvalue weighted by molar-refractivity contribution is -0.140. The summed E-state index contributed by atoms with van der Waals surface area (Å²) in [5.41, 5.74) is 6.50. The second-order valence-corrected chi connectivity index (χ2v) is 16.0. The fourth-order valence-corrected chi connectivity index (χ4v) is 7.92. The molecule has 0 spiro atoms. The molecule has 0 saturated heterocycles. The number of phosphoric ester groups is 2. The summed E-state index contributed by atoms with van der Waals surface area (Å²) in [5, 5.41) is 12.2. The van der Waals surface area contributed by atoms with Crippen molar-refractivity contribution in [3.8, 4) is 5.75 Å². The van der Waals surface area contributed by atoms with Gasteiger partial charge in [-0.25, -0.2) is 28.7 Å². The molecule has 1 unspecified atom stereocenters. The molecule has 4 aromatic rings. The van der Waals surface area contributed by atoms with Gasteiger partial charge in [0, 0.05) is 12.0 Å². The quantitative estimate of drug-likeness (QED) is 0.0381. The predicted octanol–water partition coefficient (Wildman–Crippen LogP) is 4.57. The number of nitrogens with one attached hydrogen (secondary N) is 2. The maximum atomic E-state index is 13.3. The van der Waals surface area contributed by atoms with Gasteiger partial charge in [-0.15, -0.1) is 0 Å². The number of aryl methyl sites for hydroxylation is 2. The summed E-state index contributed by atoms with van der Waals surface area (Å²) in [6, 6.07) is 10.4. The molecular weight excluding hydrogens is 858 g/mol. The van der Waals surface area contributed by atoms with Gasteiger partial charge in [0.15, 0.2) is 11.2 Å².